The Hall–Kier alpha value is -3.94. The van der Waals surface area contributed by atoms with E-state index in [1.165, 1.54) is 6.20 Å². The maximum atomic E-state index is 12.1. The van der Waals surface area contributed by atoms with Gasteiger partial charge in [-0.25, -0.2) is 0 Å². The van der Waals surface area contributed by atoms with Crippen LogP contribution in [0.25, 0.3) is 0 Å². The average molecular weight is 486 g/mol. The zero-order valence-corrected chi connectivity index (χ0v) is 19.0. The van der Waals surface area contributed by atoms with Crippen molar-refractivity contribution in [1.82, 2.24) is 20.8 Å². The highest BCUT2D eigenvalue weighted by Crippen LogP contribution is 2.08. The number of amides is 1. The molecule has 2 aromatic rings. The van der Waals surface area contributed by atoms with Gasteiger partial charge in [-0.1, -0.05) is 6.07 Å². The highest BCUT2D eigenvalue weighted by atomic mass is 16.5. The normalized spacial score (nSPS) is 12.7. The highest BCUT2D eigenvalue weighted by molar-refractivity contribution is 6.04. The second-order valence-electron chi connectivity index (χ2n) is 7.07. The summed E-state index contributed by atoms with van der Waals surface area (Å²) in [5.74, 6) is -0.169. The monoisotopic (exact) mass is 485 g/mol. The molecule has 0 unspecified atom stereocenters. The Morgan fingerprint density at radius 3 is 1.97 bits per heavy atom. The lowest BCUT2D eigenvalue weighted by atomic mass is 10.3. The predicted octanol–water partition coefficient (Wildman–Crippen LogP) is 0.546. The van der Waals surface area contributed by atoms with Gasteiger partial charge in [0.2, 0.25) is 5.91 Å². The summed E-state index contributed by atoms with van der Waals surface area (Å²) in [5.41, 5.74) is 7.44. The Morgan fingerprint density at radius 1 is 0.800 bits per heavy atom. The molecule has 0 aliphatic carbocycles. The van der Waals surface area contributed by atoms with E-state index in [1.807, 2.05) is 18.2 Å². The van der Waals surface area contributed by atoms with Crippen LogP contribution >= 0.6 is 0 Å². The molecule has 0 saturated heterocycles. The number of hydrogen-bond acceptors (Lipinski definition) is 11. The van der Waals surface area contributed by atoms with Crippen LogP contribution in [0.3, 0.4) is 0 Å². The van der Waals surface area contributed by atoms with E-state index in [0.717, 1.165) is 0 Å². The lowest BCUT2D eigenvalue weighted by molar-refractivity contribution is -0.138. The number of nitrogens with zero attached hydrogens (tertiary/aromatic N) is 4. The average Bonchev–Trinajstić information content (AvgIpc) is 2.88. The Labute approximate surface area is 201 Å². The van der Waals surface area contributed by atoms with Crippen molar-refractivity contribution in [2.45, 2.75) is 12.8 Å². The third-order valence-corrected chi connectivity index (χ3v) is 4.42. The van der Waals surface area contributed by atoms with Crippen molar-refractivity contribution in [1.29, 1.82) is 0 Å². The second kappa shape index (κ2) is 14.3. The van der Waals surface area contributed by atoms with Gasteiger partial charge in [0.25, 0.3) is 0 Å². The van der Waals surface area contributed by atoms with E-state index in [9.17, 15) is 9.59 Å². The minimum absolute atomic E-state index is 0.0293. The van der Waals surface area contributed by atoms with Gasteiger partial charge in [-0.05, 0) is 24.3 Å². The molecule has 0 radical (unpaired) electrons. The molecule has 186 valence electrons. The fraction of sp³-hybridized carbons (Fsp3) is 0.364. The molecule has 13 nitrogen and oxygen atoms in total. The van der Waals surface area contributed by atoms with E-state index < -0.39 is 5.97 Å². The van der Waals surface area contributed by atoms with Crippen molar-refractivity contribution in [2.75, 3.05) is 45.0 Å². The van der Waals surface area contributed by atoms with Crippen molar-refractivity contribution in [3.05, 3.63) is 54.1 Å². The molecule has 3 heterocycles. The van der Waals surface area contributed by atoms with E-state index in [2.05, 4.69) is 36.3 Å². The van der Waals surface area contributed by atoms with E-state index in [4.69, 9.17) is 19.3 Å². The molecule has 0 spiro atoms. The Balaban J connectivity index is 1.27. The van der Waals surface area contributed by atoms with Crippen LogP contribution in [0.4, 0.5) is 5.69 Å². The van der Waals surface area contributed by atoms with Crippen LogP contribution in [-0.2, 0) is 23.8 Å². The Kier molecular flexibility index (Phi) is 10.5. The van der Waals surface area contributed by atoms with E-state index in [1.54, 1.807) is 18.3 Å². The summed E-state index contributed by atoms with van der Waals surface area (Å²) in [5, 5.41) is 19.7. The van der Waals surface area contributed by atoms with Gasteiger partial charge >= 0.3 is 5.97 Å². The molecule has 35 heavy (non-hydrogen) atoms. The van der Waals surface area contributed by atoms with Gasteiger partial charge in [0.05, 0.1) is 64.4 Å². The zero-order chi connectivity index (χ0) is 24.7. The number of rotatable bonds is 15. The van der Waals surface area contributed by atoms with Gasteiger partial charge in [0.1, 0.15) is 11.4 Å². The van der Waals surface area contributed by atoms with Crippen LogP contribution in [0.15, 0.2) is 52.9 Å². The van der Waals surface area contributed by atoms with Crippen LogP contribution in [0.1, 0.15) is 24.2 Å². The maximum Gasteiger partial charge on any atom is 0.305 e. The lowest BCUT2D eigenvalue weighted by Gasteiger charge is -2.14. The molecule has 0 fully saturated rings. The summed E-state index contributed by atoms with van der Waals surface area (Å²) in [6, 6.07) is 8.91. The molecule has 0 atom stereocenters. The molecular weight excluding hydrogens is 458 g/mol. The third-order valence-electron chi connectivity index (χ3n) is 4.42. The van der Waals surface area contributed by atoms with Crippen LogP contribution in [0, 0.1) is 0 Å². The predicted molar refractivity (Wildman–Crippen MR) is 126 cm³/mol. The lowest BCUT2D eigenvalue weighted by Crippen LogP contribution is -2.35. The molecule has 4 N–H and O–H groups in total. The number of amidine groups is 2. The topological polar surface area (TPSA) is 169 Å². The number of carboxylic acids is 1. The standard InChI is InChI=1S/C22H27N7O6/c30-19(6-9-33-11-13-35-14-12-34-10-7-20(31)32)25-16-4-5-18(24-15-16)22-28-26-21(27-29-22)17-3-1-2-8-23-17/h1-5,8,15H,6-7,9-14H2,(H,25,30)(H,26,27)(H,28,29)(H,31,32). The summed E-state index contributed by atoms with van der Waals surface area (Å²) in [6.45, 7) is 1.78. The Bertz CT molecular complexity index is 1010. The van der Waals surface area contributed by atoms with Gasteiger partial charge in [0, 0.05) is 6.20 Å². The number of ether oxygens (including phenoxy) is 3. The number of carboxylic acid groups (broad SMARTS) is 1. The summed E-state index contributed by atoms with van der Waals surface area (Å²) >= 11 is 0. The molecular formula is C22H27N7O6. The maximum absolute atomic E-state index is 12.1. The third kappa shape index (κ3) is 9.44. The number of nitrogens with one attached hydrogen (secondary N) is 3. The summed E-state index contributed by atoms with van der Waals surface area (Å²) < 4.78 is 15.8. The van der Waals surface area contributed by atoms with Crippen LogP contribution in [-0.4, -0.2) is 78.3 Å². The second-order valence-corrected chi connectivity index (χ2v) is 7.07. The zero-order valence-electron chi connectivity index (χ0n) is 19.0. The number of hydrogen-bond donors (Lipinski definition) is 4. The first-order valence-corrected chi connectivity index (χ1v) is 10.9. The van der Waals surface area contributed by atoms with Crippen LogP contribution in [0.2, 0.25) is 0 Å². The van der Waals surface area contributed by atoms with E-state index >= 15 is 0 Å². The van der Waals surface area contributed by atoms with Gasteiger partial charge < -0.3 is 24.6 Å². The van der Waals surface area contributed by atoms with Gasteiger partial charge in [-0.2, -0.15) is 10.2 Å². The fourth-order valence-corrected chi connectivity index (χ4v) is 2.70. The van der Waals surface area contributed by atoms with Gasteiger partial charge in [0.15, 0.2) is 11.7 Å². The molecule has 2 aromatic heterocycles. The quantitative estimate of drug-likeness (QED) is 0.261. The van der Waals surface area contributed by atoms with Crippen LogP contribution < -0.4 is 16.2 Å². The molecule has 0 saturated carbocycles. The number of aromatic nitrogens is 2. The summed E-state index contributed by atoms with van der Waals surface area (Å²) in [7, 11) is 0. The van der Waals surface area contributed by atoms with Gasteiger partial charge in [-0.15, -0.1) is 0 Å². The van der Waals surface area contributed by atoms with Crippen molar-refractivity contribution >= 4 is 29.2 Å². The minimum atomic E-state index is -0.896. The van der Waals surface area contributed by atoms with Crippen LogP contribution in [0.5, 0.6) is 0 Å². The summed E-state index contributed by atoms with van der Waals surface area (Å²) in [4.78, 5) is 30.9. The van der Waals surface area contributed by atoms with E-state index in [0.29, 0.717) is 55.2 Å². The molecule has 0 aromatic carbocycles. The SMILES string of the molecule is O=C(O)CCOCCOCCOCCC(=O)Nc1ccc(C2=NNC(c3ccccn3)=NN2)nc1. The van der Waals surface area contributed by atoms with Crippen molar-refractivity contribution < 1.29 is 28.9 Å². The highest BCUT2D eigenvalue weighted by Gasteiger charge is 2.13. The number of aliphatic carboxylic acids is 1. The molecule has 0 bridgehead atoms. The number of pyridine rings is 2. The number of anilines is 1. The minimum Gasteiger partial charge on any atom is -0.481 e. The number of carbonyl (C=O) groups excluding carboxylic acids is 1. The molecule has 1 aliphatic heterocycles. The molecule has 1 amide bonds. The first-order chi connectivity index (χ1) is 17.1. The first kappa shape index (κ1) is 25.7. The fourth-order valence-electron chi connectivity index (χ4n) is 2.70. The number of hydrazone groups is 2. The van der Waals surface area contributed by atoms with Crippen molar-refractivity contribution in [3.8, 4) is 0 Å². The van der Waals surface area contributed by atoms with Gasteiger partial charge in [-0.3, -0.25) is 30.4 Å². The Morgan fingerprint density at radius 2 is 1.43 bits per heavy atom. The molecule has 1 aliphatic rings. The summed E-state index contributed by atoms with van der Waals surface area (Å²) in [6.07, 6.45) is 3.35. The largest absolute Gasteiger partial charge is 0.481 e. The van der Waals surface area contributed by atoms with Crippen molar-refractivity contribution in [3.63, 3.8) is 0 Å². The number of carbonyl (C=O) groups is 2. The first-order valence-electron chi connectivity index (χ1n) is 10.9. The smallest absolute Gasteiger partial charge is 0.305 e. The van der Waals surface area contributed by atoms with Crippen molar-refractivity contribution in [2.24, 2.45) is 10.2 Å². The van der Waals surface area contributed by atoms with E-state index in [-0.39, 0.29) is 32.0 Å². The molecule has 13 heteroatoms. The molecule has 3 rings (SSSR count).